The molecule has 1 aromatic carbocycles. The van der Waals surface area contributed by atoms with Gasteiger partial charge >= 0.3 is 10.2 Å². The van der Waals surface area contributed by atoms with Crippen molar-refractivity contribution in [2.75, 3.05) is 17.8 Å². The zero-order chi connectivity index (χ0) is 14.8. The standard InChI is InChI=1S/C12H15BrF2N2O2S/c13-9-7-10(14)12(11(15)8-9)16-20(18,19)17-5-3-1-2-4-6-17/h7-8,16H,1-6H2. The van der Waals surface area contributed by atoms with Crippen molar-refractivity contribution < 1.29 is 17.2 Å². The van der Waals surface area contributed by atoms with Crippen LogP contribution in [0.1, 0.15) is 25.7 Å². The first-order valence-electron chi connectivity index (χ1n) is 6.32. The summed E-state index contributed by atoms with van der Waals surface area (Å²) in [4.78, 5) is 0. The van der Waals surface area contributed by atoms with Crippen molar-refractivity contribution >= 4 is 31.8 Å². The molecular weight excluding hydrogens is 354 g/mol. The molecule has 1 aliphatic heterocycles. The number of nitrogens with one attached hydrogen (secondary N) is 1. The molecule has 2 rings (SSSR count). The second-order valence-electron chi connectivity index (χ2n) is 4.66. The van der Waals surface area contributed by atoms with Crippen LogP contribution in [0, 0.1) is 11.6 Å². The third-order valence-electron chi connectivity index (χ3n) is 3.14. The Morgan fingerprint density at radius 3 is 2.05 bits per heavy atom. The SMILES string of the molecule is O=S(=O)(Nc1c(F)cc(Br)cc1F)N1CCCCCC1. The molecule has 0 aromatic heterocycles. The summed E-state index contributed by atoms with van der Waals surface area (Å²) in [5.74, 6) is -1.90. The Bertz CT molecular complexity index is 564. The van der Waals surface area contributed by atoms with E-state index in [1.165, 1.54) is 4.31 Å². The van der Waals surface area contributed by atoms with Crippen molar-refractivity contribution in [2.24, 2.45) is 0 Å². The van der Waals surface area contributed by atoms with Crippen molar-refractivity contribution in [1.29, 1.82) is 0 Å². The highest BCUT2D eigenvalue weighted by Gasteiger charge is 2.25. The maximum atomic E-state index is 13.7. The molecule has 0 aliphatic carbocycles. The van der Waals surface area contributed by atoms with E-state index >= 15 is 0 Å². The van der Waals surface area contributed by atoms with Gasteiger partial charge in [0.25, 0.3) is 0 Å². The fourth-order valence-electron chi connectivity index (χ4n) is 2.12. The molecule has 20 heavy (non-hydrogen) atoms. The van der Waals surface area contributed by atoms with E-state index in [9.17, 15) is 17.2 Å². The van der Waals surface area contributed by atoms with Gasteiger partial charge in [0.2, 0.25) is 0 Å². The fourth-order valence-corrected chi connectivity index (χ4v) is 3.84. The van der Waals surface area contributed by atoms with Crippen LogP contribution in [0.5, 0.6) is 0 Å². The van der Waals surface area contributed by atoms with Gasteiger partial charge in [-0.05, 0) is 25.0 Å². The van der Waals surface area contributed by atoms with Gasteiger partial charge in [-0.1, -0.05) is 28.8 Å². The molecule has 112 valence electrons. The van der Waals surface area contributed by atoms with Crippen LogP contribution in [-0.4, -0.2) is 25.8 Å². The zero-order valence-corrected chi connectivity index (χ0v) is 13.1. The molecule has 0 bridgehead atoms. The van der Waals surface area contributed by atoms with Gasteiger partial charge in [-0.15, -0.1) is 0 Å². The highest BCUT2D eigenvalue weighted by atomic mass is 79.9. The molecule has 1 aliphatic rings. The van der Waals surface area contributed by atoms with E-state index in [1.54, 1.807) is 0 Å². The largest absolute Gasteiger partial charge is 0.301 e. The highest BCUT2D eigenvalue weighted by Crippen LogP contribution is 2.25. The number of hydrogen-bond donors (Lipinski definition) is 1. The van der Waals surface area contributed by atoms with Gasteiger partial charge in [-0.3, -0.25) is 4.72 Å². The van der Waals surface area contributed by atoms with Crippen LogP contribution in [0.4, 0.5) is 14.5 Å². The monoisotopic (exact) mass is 368 g/mol. The van der Waals surface area contributed by atoms with Gasteiger partial charge < -0.3 is 0 Å². The third kappa shape index (κ3) is 3.67. The van der Waals surface area contributed by atoms with E-state index < -0.39 is 27.5 Å². The predicted molar refractivity (Wildman–Crippen MR) is 76.6 cm³/mol. The Kier molecular flexibility index (Phi) is 4.98. The van der Waals surface area contributed by atoms with E-state index in [-0.39, 0.29) is 4.47 Å². The van der Waals surface area contributed by atoms with Crippen LogP contribution < -0.4 is 4.72 Å². The third-order valence-corrected chi connectivity index (χ3v) is 5.11. The van der Waals surface area contributed by atoms with Crippen molar-refractivity contribution in [3.05, 3.63) is 28.2 Å². The van der Waals surface area contributed by atoms with Crippen LogP contribution in [0.3, 0.4) is 0 Å². The van der Waals surface area contributed by atoms with Gasteiger partial charge in [-0.25, -0.2) is 8.78 Å². The lowest BCUT2D eigenvalue weighted by Gasteiger charge is -2.21. The summed E-state index contributed by atoms with van der Waals surface area (Å²) in [5, 5.41) is 0. The Balaban J connectivity index is 2.23. The molecule has 0 spiro atoms. The number of nitrogens with zero attached hydrogens (tertiary/aromatic N) is 1. The maximum absolute atomic E-state index is 13.7. The minimum Gasteiger partial charge on any atom is -0.265 e. The van der Waals surface area contributed by atoms with Crippen molar-refractivity contribution in [3.63, 3.8) is 0 Å². The van der Waals surface area contributed by atoms with Crippen molar-refractivity contribution in [2.45, 2.75) is 25.7 Å². The quantitative estimate of drug-likeness (QED) is 0.889. The molecule has 0 saturated carbocycles. The summed E-state index contributed by atoms with van der Waals surface area (Å²) in [6.07, 6.45) is 3.44. The molecule has 4 nitrogen and oxygen atoms in total. The average Bonchev–Trinajstić information content (AvgIpc) is 2.63. The molecule has 0 radical (unpaired) electrons. The lowest BCUT2D eigenvalue weighted by molar-refractivity contribution is 0.427. The van der Waals surface area contributed by atoms with Crippen LogP contribution in [-0.2, 0) is 10.2 Å². The number of anilines is 1. The normalized spacial score (nSPS) is 17.8. The highest BCUT2D eigenvalue weighted by molar-refractivity contribution is 9.10. The Hall–Kier alpha value is -0.730. The molecule has 0 unspecified atom stereocenters. The summed E-state index contributed by atoms with van der Waals surface area (Å²) < 4.78 is 55.1. The van der Waals surface area contributed by atoms with Crippen LogP contribution in [0.2, 0.25) is 0 Å². The topological polar surface area (TPSA) is 49.4 Å². The van der Waals surface area contributed by atoms with E-state index in [4.69, 9.17) is 0 Å². The van der Waals surface area contributed by atoms with Crippen molar-refractivity contribution in [1.82, 2.24) is 4.31 Å². The number of halogens is 3. The fraction of sp³-hybridized carbons (Fsp3) is 0.500. The molecule has 1 N–H and O–H groups in total. The molecule has 0 amide bonds. The minimum atomic E-state index is -3.93. The molecule has 1 fully saturated rings. The van der Waals surface area contributed by atoms with E-state index in [0.717, 1.165) is 37.8 Å². The molecule has 1 saturated heterocycles. The summed E-state index contributed by atoms with van der Waals surface area (Å²) in [5.41, 5.74) is -0.641. The summed E-state index contributed by atoms with van der Waals surface area (Å²) in [7, 11) is -3.93. The van der Waals surface area contributed by atoms with Crippen molar-refractivity contribution in [3.8, 4) is 0 Å². The second-order valence-corrected chi connectivity index (χ2v) is 7.25. The van der Waals surface area contributed by atoms with Gasteiger partial charge in [0.1, 0.15) is 5.69 Å². The first-order chi connectivity index (χ1) is 9.40. The zero-order valence-electron chi connectivity index (χ0n) is 10.7. The molecular formula is C12H15BrF2N2O2S. The van der Waals surface area contributed by atoms with Gasteiger partial charge in [0.05, 0.1) is 0 Å². The van der Waals surface area contributed by atoms with Crippen LogP contribution in [0.15, 0.2) is 16.6 Å². The number of benzene rings is 1. The van der Waals surface area contributed by atoms with E-state index in [1.807, 2.05) is 4.72 Å². The number of hydrogen-bond acceptors (Lipinski definition) is 2. The summed E-state index contributed by atoms with van der Waals surface area (Å²) in [6, 6.07) is 2.03. The maximum Gasteiger partial charge on any atom is 0.301 e. The molecule has 8 heteroatoms. The molecule has 1 aromatic rings. The summed E-state index contributed by atoms with van der Waals surface area (Å²) >= 11 is 2.95. The van der Waals surface area contributed by atoms with Crippen LogP contribution in [0.25, 0.3) is 0 Å². The summed E-state index contributed by atoms with van der Waals surface area (Å²) in [6.45, 7) is 0.740. The predicted octanol–water partition coefficient (Wildman–Crippen LogP) is 3.26. The van der Waals surface area contributed by atoms with E-state index in [0.29, 0.717) is 13.1 Å². The molecule has 0 atom stereocenters. The Morgan fingerprint density at radius 1 is 1.05 bits per heavy atom. The van der Waals surface area contributed by atoms with Gasteiger partial charge in [0, 0.05) is 17.6 Å². The van der Waals surface area contributed by atoms with Crippen LogP contribution >= 0.6 is 15.9 Å². The Morgan fingerprint density at radius 2 is 1.55 bits per heavy atom. The average molecular weight is 369 g/mol. The second kappa shape index (κ2) is 6.36. The smallest absolute Gasteiger partial charge is 0.265 e. The van der Waals surface area contributed by atoms with E-state index in [2.05, 4.69) is 15.9 Å². The minimum absolute atomic E-state index is 0.213. The number of rotatable bonds is 3. The Labute approximate surface area is 125 Å². The lowest BCUT2D eigenvalue weighted by Crippen LogP contribution is -2.37. The lowest BCUT2D eigenvalue weighted by atomic mass is 10.2. The van der Waals surface area contributed by atoms with Gasteiger partial charge in [-0.2, -0.15) is 12.7 Å². The first-order valence-corrected chi connectivity index (χ1v) is 8.56. The first kappa shape index (κ1) is 15.7. The molecule has 1 heterocycles. The van der Waals surface area contributed by atoms with Gasteiger partial charge in [0.15, 0.2) is 11.6 Å².